The first-order chi connectivity index (χ1) is 11.6. The van der Waals surface area contributed by atoms with Gasteiger partial charge in [0, 0.05) is 48.2 Å². The number of hydrogen-bond donors (Lipinski definition) is 1. The Balaban J connectivity index is 1.83. The molecule has 122 valence electrons. The van der Waals surface area contributed by atoms with Crippen LogP contribution in [-0.4, -0.2) is 57.2 Å². The van der Waals surface area contributed by atoms with Crippen LogP contribution in [0, 0.1) is 0 Å². The summed E-state index contributed by atoms with van der Waals surface area (Å²) in [4.78, 5) is 27.8. The van der Waals surface area contributed by atoms with Crippen LogP contribution >= 0.6 is 11.6 Å². The molecule has 3 aromatic rings. The molecule has 1 aromatic carbocycles. The van der Waals surface area contributed by atoms with E-state index in [2.05, 4.69) is 14.9 Å². The van der Waals surface area contributed by atoms with Gasteiger partial charge in [0.1, 0.15) is 11.8 Å². The molecule has 8 heteroatoms. The highest BCUT2D eigenvalue weighted by Crippen LogP contribution is 2.31. The fourth-order valence-electron chi connectivity index (χ4n) is 3.02. The van der Waals surface area contributed by atoms with Crippen molar-refractivity contribution in [2.45, 2.75) is 0 Å². The Morgan fingerprint density at radius 2 is 1.96 bits per heavy atom. The molecule has 0 saturated carbocycles. The highest BCUT2D eigenvalue weighted by atomic mass is 35.5. The molecule has 0 unspecified atom stereocenters. The Kier molecular flexibility index (Phi) is 3.57. The lowest BCUT2D eigenvalue weighted by Gasteiger charge is -2.34. The number of benzene rings is 1. The topological polar surface area (TPSA) is 82.5 Å². The molecule has 1 amide bonds. The molecule has 0 atom stereocenters. The van der Waals surface area contributed by atoms with Crippen LogP contribution in [0.4, 0.5) is 10.6 Å². The smallest absolute Gasteiger partial charge is 0.407 e. The minimum Gasteiger partial charge on any atom is -0.465 e. The van der Waals surface area contributed by atoms with Crippen molar-refractivity contribution in [3.05, 3.63) is 35.7 Å². The van der Waals surface area contributed by atoms with E-state index < -0.39 is 6.09 Å². The Labute approximate surface area is 142 Å². The second-order valence-electron chi connectivity index (χ2n) is 5.64. The van der Waals surface area contributed by atoms with E-state index in [0.717, 1.165) is 27.6 Å². The number of fused-ring (bicyclic) bond motifs is 3. The van der Waals surface area contributed by atoms with E-state index in [1.807, 2.05) is 12.1 Å². The van der Waals surface area contributed by atoms with Crippen LogP contribution < -0.4 is 4.90 Å². The summed E-state index contributed by atoms with van der Waals surface area (Å²) in [5.41, 5.74) is 1.57. The van der Waals surface area contributed by atoms with E-state index >= 15 is 0 Å². The van der Waals surface area contributed by atoms with E-state index in [1.54, 1.807) is 12.3 Å². The minimum absolute atomic E-state index is 0.447. The van der Waals surface area contributed by atoms with Crippen molar-refractivity contribution in [1.82, 2.24) is 19.9 Å². The van der Waals surface area contributed by atoms with Crippen molar-refractivity contribution in [3.8, 4) is 0 Å². The van der Waals surface area contributed by atoms with Crippen LogP contribution in [0.25, 0.3) is 21.8 Å². The number of halogens is 1. The van der Waals surface area contributed by atoms with Crippen LogP contribution in [0.3, 0.4) is 0 Å². The molecule has 1 saturated heterocycles. The number of hydrogen-bond acceptors (Lipinski definition) is 5. The van der Waals surface area contributed by atoms with Gasteiger partial charge >= 0.3 is 6.09 Å². The summed E-state index contributed by atoms with van der Waals surface area (Å²) < 4.78 is 0. The summed E-state index contributed by atoms with van der Waals surface area (Å²) in [6.07, 6.45) is 2.37. The average molecular weight is 344 g/mol. The van der Waals surface area contributed by atoms with Gasteiger partial charge < -0.3 is 14.9 Å². The van der Waals surface area contributed by atoms with E-state index in [9.17, 15) is 4.79 Å². The molecule has 3 heterocycles. The van der Waals surface area contributed by atoms with Gasteiger partial charge in [0.15, 0.2) is 5.82 Å². The summed E-state index contributed by atoms with van der Waals surface area (Å²) in [5, 5.41) is 11.5. The maximum Gasteiger partial charge on any atom is 0.407 e. The fourth-order valence-corrected chi connectivity index (χ4v) is 3.20. The summed E-state index contributed by atoms with van der Waals surface area (Å²) in [6.45, 7) is 2.06. The number of nitrogens with zero attached hydrogens (tertiary/aromatic N) is 5. The Morgan fingerprint density at radius 1 is 1.17 bits per heavy atom. The third-order valence-electron chi connectivity index (χ3n) is 4.25. The van der Waals surface area contributed by atoms with Crippen LogP contribution in [0.1, 0.15) is 0 Å². The Morgan fingerprint density at radius 3 is 2.71 bits per heavy atom. The largest absolute Gasteiger partial charge is 0.465 e. The minimum atomic E-state index is -0.886. The zero-order chi connectivity index (χ0) is 16.7. The molecule has 1 aliphatic heterocycles. The van der Waals surface area contributed by atoms with E-state index in [1.165, 1.54) is 11.2 Å². The van der Waals surface area contributed by atoms with Gasteiger partial charge in [-0.2, -0.15) is 0 Å². The van der Waals surface area contributed by atoms with Gasteiger partial charge in [-0.1, -0.05) is 11.6 Å². The van der Waals surface area contributed by atoms with Gasteiger partial charge in [0.25, 0.3) is 0 Å². The van der Waals surface area contributed by atoms with Gasteiger partial charge in [-0.3, -0.25) is 0 Å². The first kappa shape index (κ1) is 14.9. The number of pyridine rings is 1. The molecule has 0 bridgehead atoms. The van der Waals surface area contributed by atoms with Crippen molar-refractivity contribution in [2.24, 2.45) is 0 Å². The van der Waals surface area contributed by atoms with Crippen molar-refractivity contribution >= 4 is 45.3 Å². The second kappa shape index (κ2) is 5.76. The number of piperazine rings is 1. The van der Waals surface area contributed by atoms with Crippen LogP contribution in [0.5, 0.6) is 0 Å². The predicted molar refractivity (Wildman–Crippen MR) is 91.7 cm³/mol. The number of carboxylic acid groups (broad SMARTS) is 1. The number of anilines is 1. The molecular formula is C16H14ClN5O2. The molecule has 1 fully saturated rings. The third-order valence-corrected chi connectivity index (χ3v) is 4.48. The Hall–Kier alpha value is -2.67. The van der Waals surface area contributed by atoms with Crippen LogP contribution in [0.15, 0.2) is 30.7 Å². The first-order valence-electron chi connectivity index (χ1n) is 7.55. The zero-order valence-electron chi connectivity index (χ0n) is 12.7. The maximum absolute atomic E-state index is 11.1. The number of carbonyl (C=O) groups is 1. The normalized spacial score (nSPS) is 15.2. The SMILES string of the molecule is O=C(O)N1CCN(c2nc3ccc(Cl)cc3c3cncnc23)CC1. The Bertz CT molecular complexity index is 940. The standard InChI is InChI=1S/C16H14ClN5O2/c17-10-1-2-13-11(7-10)12-8-18-9-19-14(12)15(20-13)21-3-5-22(6-4-21)16(23)24/h1-2,7-9H,3-6H2,(H,23,24). The molecular weight excluding hydrogens is 330 g/mol. The zero-order valence-corrected chi connectivity index (χ0v) is 13.4. The number of rotatable bonds is 1. The second-order valence-corrected chi connectivity index (χ2v) is 6.08. The molecule has 1 aliphatic rings. The lowest BCUT2D eigenvalue weighted by molar-refractivity contribution is 0.142. The number of aromatic nitrogens is 3. The molecule has 4 rings (SSSR count). The molecule has 7 nitrogen and oxygen atoms in total. The van der Waals surface area contributed by atoms with Gasteiger partial charge in [-0.25, -0.2) is 19.7 Å². The van der Waals surface area contributed by atoms with Crippen molar-refractivity contribution in [3.63, 3.8) is 0 Å². The molecule has 0 radical (unpaired) electrons. The molecule has 1 N–H and O–H groups in total. The quantitative estimate of drug-likeness (QED) is 0.684. The highest BCUT2D eigenvalue weighted by molar-refractivity contribution is 6.31. The highest BCUT2D eigenvalue weighted by Gasteiger charge is 2.23. The van der Waals surface area contributed by atoms with Gasteiger partial charge in [-0.15, -0.1) is 0 Å². The van der Waals surface area contributed by atoms with Crippen molar-refractivity contribution < 1.29 is 9.90 Å². The molecule has 0 aliphatic carbocycles. The number of amides is 1. The van der Waals surface area contributed by atoms with E-state index in [-0.39, 0.29) is 0 Å². The molecule has 0 spiro atoms. The van der Waals surface area contributed by atoms with Crippen LogP contribution in [0.2, 0.25) is 5.02 Å². The van der Waals surface area contributed by atoms with Crippen molar-refractivity contribution in [1.29, 1.82) is 0 Å². The third kappa shape index (κ3) is 2.46. The lowest BCUT2D eigenvalue weighted by Crippen LogP contribution is -2.48. The summed E-state index contributed by atoms with van der Waals surface area (Å²) in [7, 11) is 0. The van der Waals surface area contributed by atoms with E-state index in [4.69, 9.17) is 21.7 Å². The van der Waals surface area contributed by atoms with Crippen molar-refractivity contribution in [2.75, 3.05) is 31.1 Å². The lowest BCUT2D eigenvalue weighted by atomic mass is 10.1. The monoisotopic (exact) mass is 343 g/mol. The van der Waals surface area contributed by atoms with Gasteiger partial charge in [-0.05, 0) is 18.2 Å². The summed E-state index contributed by atoms with van der Waals surface area (Å²) in [5.74, 6) is 0.757. The van der Waals surface area contributed by atoms with Gasteiger partial charge in [0.2, 0.25) is 0 Å². The average Bonchev–Trinajstić information content (AvgIpc) is 2.61. The van der Waals surface area contributed by atoms with E-state index in [0.29, 0.717) is 31.2 Å². The maximum atomic E-state index is 11.1. The molecule has 24 heavy (non-hydrogen) atoms. The van der Waals surface area contributed by atoms with Gasteiger partial charge in [0.05, 0.1) is 5.52 Å². The fraction of sp³-hybridized carbons (Fsp3) is 0.250. The predicted octanol–water partition coefficient (Wildman–Crippen LogP) is 2.63. The first-order valence-corrected chi connectivity index (χ1v) is 7.93. The molecule has 2 aromatic heterocycles. The summed E-state index contributed by atoms with van der Waals surface area (Å²) >= 11 is 6.11. The van der Waals surface area contributed by atoms with Crippen LogP contribution in [-0.2, 0) is 0 Å². The summed E-state index contributed by atoms with van der Waals surface area (Å²) in [6, 6.07) is 5.54.